The predicted molar refractivity (Wildman–Crippen MR) is 76.5 cm³/mol. The van der Waals surface area contributed by atoms with Crippen LogP contribution in [0.4, 0.5) is 0 Å². The molecule has 2 aromatic carbocycles. The number of hydrogen-bond acceptors (Lipinski definition) is 4. The average Bonchev–Trinajstić information content (AvgIpc) is 2.46. The maximum atomic E-state index is 9.09. The van der Waals surface area contributed by atoms with Crippen molar-refractivity contribution in [3.8, 4) is 11.8 Å². The average molecular weight is 267 g/mol. The summed E-state index contributed by atoms with van der Waals surface area (Å²) in [5.41, 5.74) is 2.77. The second kappa shape index (κ2) is 6.24. The SMILES string of the molecule is Cc1cc(B(O)O)ccc1OCc1cccc(C#N)c1. The van der Waals surface area contributed by atoms with Gasteiger partial charge in [-0.2, -0.15) is 5.26 Å². The van der Waals surface area contributed by atoms with E-state index < -0.39 is 7.12 Å². The van der Waals surface area contributed by atoms with Gasteiger partial charge in [-0.3, -0.25) is 0 Å². The Bertz CT molecular complexity index is 650. The minimum absolute atomic E-state index is 0.359. The van der Waals surface area contributed by atoms with Crippen LogP contribution in [0.5, 0.6) is 5.75 Å². The van der Waals surface area contributed by atoms with Crippen molar-refractivity contribution in [2.75, 3.05) is 0 Å². The fourth-order valence-corrected chi connectivity index (χ4v) is 1.89. The van der Waals surface area contributed by atoms with Crippen molar-refractivity contribution < 1.29 is 14.8 Å². The first-order chi connectivity index (χ1) is 9.60. The van der Waals surface area contributed by atoms with Crippen LogP contribution in [0, 0.1) is 18.3 Å². The van der Waals surface area contributed by atoms with E-state index in [0.29, 0.717) is 23.4 Å². The first-order valence-corrected chi connectivity index (χ1v) is 6.18. The Morgan fingerprint density at radius 1 is 1.20 bits per heavy atom. The van der Waals surface area contributed by atoms with E-state index in [2.05, 4.69) is 6.07 Å². The second-order valence-corrected chi connectivity index (χ2v) is 4.50. The van der Waals surface area contributed by atoms with E-state index in [-0.39, 0.29) is 0 Å². The van der Waals surface area contributed by atoms with Crippen molar-refractivity contribution >= 4 is 12.6 Å². The van der Waals surface area contributed by atoms with Gasteiger partial charge in [0.25, 0.3) is 0 Å². The molecule has 0 saturated heterocycles. The van der Waals surface area contributed by atoms with Crippen molar-refractivity contribution in [3.05, 3.63) is 59.2 Å². The lowest BCUT2D eigenvalue weighted by atomic mass is 9.79. The van der Waals surface area contributed by atoms with Crippen LogP contribution in [-0.2, 0) is 6.61 Å². The molecule has 20 heavy (non-hydrogen) atoms. The van der Waals surface area contributed by atoms with E-state index in [1.54, 1.807) is 30.3 Å². The van der Waals surface area contributed by atoms with E-state index >= 15 is 0 Å². The number of nitriles is 1. The molecule has 0 saturated carbocycles. The third kappa shape index (κ3) is 3.38. The molecule has 0 aliphatic rings. The molecular weight excluding hydrogens is 253 g/mol. The Kier molecular flexibility index (Phi) is 4.41. The lowest BCUT2D eigenvalue weighted by Crippen LogP contribution is -2.29. The van der Waals surface area contributed by atoms with Gasteiger partial charge in [0, 0.05) is 0 Å². The fraction of sp³-hybridized carbons (Fsp3) is 0.133. The van der Waals surface area contributed by atoms with Gasteiger partial charge in [-0.1, -0.05) is 24.3 Å². The largest absolute Gasteiger partial charge is 0.489 e. The van der Waals surface area contributed by atoms with E-state index in [1.807, 2.05) is 19.1 Å². The summed E-state index contributed by atoms with van der Waals surface area (Å²) < 4.78 is 5.68. The van der Waals surface area contributed by atoms with Crippen LogP contribution in [0.15, 0.2) is 42.5 Å². The molecule has 0 unspecified atom stereocenters. The second-order valence-electron chi connectivity index (χ2n) is 4.50. The molecule has 0 atom stereocenters. The smallest absolute Gasteiger partial charge is 0.488 e. The van der Waals surface area contributed by atoms with Crippen LogP contribution in [0.25, 0.3) is 0 Å². The lowest BCUT2D eigenvalue weighted by Gasteiger charge is -2.10. The number of hydrogen-bond donors (Lipinski definition) is 2. The van der Waals surface area contributed by atoms with Crippen molar-refractivity contribution in [1.82, 2.24) is 0 Å². The monoisotopic (exact) mass is 267 g/mol. The molecule has 0 aliphatic carbocycles. The molecule has 0 spiro atoms. The zero-order valence-corrected chi connectivity index (χ0v) is 11.1. The van der Waals surface area contributed by atoms with E-state index in [9.17, 15) is 0 Å². The number of nitrogens with zero attached hydrogens (tertiary/aromatic N) is 1. The molecule has 2 aromatic rings. The highest BCUT2D eigenvalue weighted by atomic mass is 16.5. The number of rotatable bonds is 4. The Morgan fingerprint density at radius 2 is 2.00 bits per heavy atom. The number of ether oxygens (including phenoxy) is 1. The minimum atomic E-state index is -1.48. The summed E-state index contributed by atoms with van der Waals surface area (Å²) >= 11 is 0. The van der Waals surface area contributed by atoms with Gasteiger partial charge in [-0.15, -0.1) is 0 Å². The van der Waals surface area contributed by atoms with Crippen LogP contribution in [0.3, 0.4) is 0 Å². The van der Waals surface area contributed by atoms with E-state index in [1.165, 1.54) is 0 Å². The molecule has 0 amide bonds. The Morgan fingerprint density at radius 3 is 2.65 bits per heavy atom. The van der Waals surface area contributed by atoms with Crippen LogP contribution >= 0.6 is 0 Å². The van der Waals surface area contributed by atoms with Crippen LogP contribution in [0.2, 0.25) is 0 Å². The Labute approximate surface area is 118 Å². The lowest BCUT2D eigenvalue weighted by molar-refractivity contribution is 0.304. The molecule has 100 valence electrons. The third-order valence-corrected chi connectivity index (χ3v) is 2.95. The molecule has 0 aliphatic heterocycles. The van der Waals surface area contributed by atoms with Crippen molar-refractivity contribution in [3.63, 3.8) is 0 Å². The van der Waals surface area contributed by atoms with Crippen LogP contribution in [0.1, 0.15) is 16.7 Å². The maximum absolute atomic E-state index is 9.09. The first-order valence-electron chi connectivity index (χ1n) is 6.18. The first kappa shape index (κ1) is 14.1. The number of aryl methyl sites for hydroxylation is 1. The summed E-state index contributed by atoms with van der Waals surface area (Å²) in [6.07, 6.45) is 0. The van der Waals surface area contributed by atoms with Gasteiger partial charge in [-0.05, 0) is 41.7 Å². The molecule has 0 bridgehead atoms. The molecule has 4 nitrogen and oxygen atoms in total. The zero-order chi connectivity index (χ0) is 14.5. The molecule has 0 heterocycles. The molecule has 5 heteroatoms. The van der Waals surface area contributed by atoms with E-state index in [4.69, 9.17) is 20.0 Å². The standard InChI is InChI=1S/C15H14BNO3/c1-11-7-14(16(18)19)5-6-15(11)20-10-13-4-2-3-12(8-13)9-17/h2-8,18-19H,10H2,1H3. The maximum Gasteiger partial charge on any atom is 0.488 e. The van der Waals surface area contributed by atoms with Crippen LogP contribution in [-0.4, -0.2) is 17.2 Å². The normalized spacial score (nSPS) is 9.90. The van der Waals surface area contributed by atoms with Gasteiger partial charge in [-0.25, -0.2) is 0 Å². The molecule has 0 fully saturated rings. The summed E-state index contributed by atoms with van der Waals surface area (Å²) in [6.45, 7) is 2.20. The fourth-order valence-electron chi connectivity index (χ4n) is 1.89. The highest BCUT2D eigenvalue weighted by Gasteiger charge is 2.12. The third-order valence-electron chi connectivity index (χ3n) is 2.95. The summed E-state index contributed by atoms with van der Waals surface area (Å²) in [7, 11) is -1.48. The van der Waals surface area contributed by atoms with Crippen molar-refractivity contribution in [1.29, 1.82) is 5.26 Å². The molecular formula is C15H14BNO3. The Hall–Kier alpha value is -2.29. The van der Waals surface area contributed by atoms with E-state index in [0.717, 1.165) is 11.1 Å². The Balaban J connectivity index is 2.09. The van der Waals surface area contributed by atoms with Crippen molar-refractivity contribution in [2.24, 2.45) is 0 Å². The summed E-state index contributed by atoms with van der Waals surface area (Å²) in [5.74, 6) is 0.678. The molecule has 0 radical (unpaired) electrons. The molecule has 2 rings (SSSR count). The summed E-state index contributed by atoms with van der Waals surface area (Å²) in [6, 6.07) is 14.3. The molecule has 2 N–H and O–H groups in total. The summed E-state index contributed by atoms with van der Waals surface area (Å²) in [5, 5.41) is 27.0. The highest BCUT2D eigenvalue weighted by Crippen LogP contribution is 2.17. The van der Waals surface area contributed by atoms with Gasteiger partial charge in [0.1, 0.15) is 12.4 Å². The van der Waals surface area contributed by atoms with Gasteiger partial charge in [0.05, 0.1) is 11.6 Å². The topological polar surface area (TPSA) is 73.5 Å². The predicted octanol–water partition coefficient (Wildman–Crippen LogP) is 1.13. The van der Waals surface area contributed by atoms with Gasteiger partial charge >= 0.3 is 7.12 Å². The quantitative estimate of drug-likeness (QED) is 0.814. The van der Waals surface area contributed by atoms with Crippen LogP contribution < -0.4 is 10.2 Å². The highest BCUT2D eigenvalue weighted by molar-refractivity contribution is 6.58. The minimum Gasteiger partial charge on any atom is -0.489 e. The van der Waals surface area contributed by atoms with Crippen molar-refractivity contribution in [2.45, 2.75) is 13.5 Å². The number of benzene rings is 2. The summed E-state index contributed by atoms with van der Waals surface area (Å²) in [4.78, 5) is 0. The molecule has 0 aromatic heterocycles. The van der Waals surface area contributed by atoms with Gasteiger partial charge < -0.3 is 14.8 Å². The van der Waals surface area contributed by atoms with Gasteiger partial charge in [0.15, 0.2) is 0 Å². The zero-order valence-electron chi connectivity index (χ0n) is 11.1. The van der Waals surface area contributed by atoms with Gasteiger partial charge in [0.2, 0.25) is 0 Å².